The van der Waals surface area contributed by atoms with Gasteiger partial charge in [0.05, 0.1) is 11.5 Å². The maximum Gasteiger partial charge on any atom is 0.191 e. The number of sulfone groups is 1. The third-order valence-electron chi connectivity index (χ3n) is 5.56. The number of hydrogen-bond donors (Lipinski definition) is 2. The van der Waals surface area contributed by atoms with Crippen molar-refractivity contribution in [2.75, 3.05) is 24.6 Å². The fourth-order valence-corrected chi connectivity index (χ4v) is 6.16. The highest BCUT2D eigenvalue weighted by Gasteiger charge is 2.39. The van der Waals surface area contributed by atoms with Gasteiger partial charge in [-0.25, -0.2) is 8.42 Å². The standard InChI is InChI=1S/C17H31N3O2S/c1-12(2)9-18-17(19-10-14-5-6-23(21,22)11-14)20-16-8-13-3-4-15(16)7-13/h12-16H,3-11H2,1-2H3,(H2,18,19,20). The summed E-state index contributed by atoms with van der Waals surface area (Å²) >= 11 is 0. The van der Waals surface area contributed by atoms with Gasteiger partial charge in [-0.15, -0.1) is 0 Å². The second-order valence-electron chi connectivity index (χ2n) is 8.16. The molecule has 2 saturated carbocycles. The molecule has 0 amide bonds. The molecule has 1 aliphatic heterocycles. The van der Waals surface area contributed by atoms with Gasteiger partial charge in [0.2, 0.25) is 0 Å². The van der Waals surface area contributed by atoms with E-state index in [9.17, 15) is 8.42 Å². The van der Waals surface area contributed by atoms with E-state index >= 15 is 0 Å². The molecule has 0 aromatic rings. The van der Waals surface area contributed by atoms with Gasteiger partial charge in [0.1, 0.15) is 0 Å². The van der Waals surface area contributed by atoms with Gasteiger partial charge in [-0.1, -0.05) is 20.3 Å². The molecule has 0 aromatic heterocycles. The Kier molecular flexibility index (Phi) is 5.19. The average molecular weight is 342 g/mol. The predicted octanol–water partition coefficient (Wildman–Crippen LogP) is 1.80. The Bertz CT molecular complexity index is 544. The van der Waals surface area contributed by atoms with Gasteiger partial charge in [-0.05, 0) is 49.4 Å². The third-order valence-corrected chi connectivity index (χ3v) is 7.40. The van der Waals surface area contributed by atoms with Crippen LogP contribution in [-0.4, -0.2) is 45.0 Å². The summed E-state index contributed by atoms with van der Waals surface area (Å²) in [5, 5.41) is 7.05. The second kappa shape index (κ2) is 6.99. The molecule has 1 saturated heterocycles. The van der Waals surface area contributed by atoms with Crippen molar-refractivity contribution in [2.24, 2.45) is 28.7 Å². The molecule has 23 heavy (non-hydrogen) atoms. The number of nitrogens with one attached hydrogen (secondary N) is 2. The molecule has 1 heterocycles. The van der Waals surface area contributed by atoms with Crippen LogP contribution in [0.4, 0.5) is 0 Å². The third kappa shape index (κ3) is 4.61. The molecule has 5 nitrogen and oxygen atoms in total. The van der Waals surface area contributed by atoms with E-state index in [-0.39, 0.29) is 5.92 Å². The molecule has 132 valence electrons. The highest BCUT2D eigenvalue weighted by molar-refractivity contribution is 7.91. The van der Waals surface area contributed by atoms with Crippen molar-refractivity contribution >= 4 is 15.8 Å². The first-order valence-electron chi connectivity index (χ1n) is 9.16. The van der Waals surface area contributed by atoms with E-state index < -0.39 is 9.84 Å². The summed E-state index contributed by atoms with van der Waals surface area (Å²) in [6.07, 6.45) is 6.16. The summed E-state index contributed by atoms with van der Waals surface area (Å²) < 4.78 is 23.2. The maximum atomic E-state index is 11.6. The number of guanidine groups is 1. The molecule has 0 aromatic carbocycles. The van der Waals surface area contributed by atoms with Crippen LogP contribution in [0.2, 0.25) is 0 Å². The Hall–Kier alpha value is -0.780. The maximum absolute atomic E-state index is 11.6. The van der Waals surface area contributed by atoms with Crippen molar-refractivity contribution in [1.29, 1.82) is 0 Å². The van der Waals surface area contributed by atoms with Crippen LogP contribution in [0.3, 0.4) is 0 Å². The lowest BCUT2D eigenvalue weighted by Gasteiger charge is -2.26. The molecule has 3 aliphatic rings. The van der Waals surface area contributed by atoms with Crippen LogP contribution >= 0.6 is 0 Å². The minimum Gasteiger partial charge on any atom is -0.356 e. The predicted molar refractivity (Wildman–Crippen MR) is 94.3 cm³/mol. The zero-order valence-corrected chi connectivity index (χ0v) is 15.2. The number of nitrogens with zero attached hydrogens (tertiary/aromatic N) is 1. The Morgan fingerprint density at radius 1 is 1.22 bits per heavy atom. The van der Waals surface area contributed by atoms with Crippen molar-refractivity contribution in [3.05, 3.63) is 0 Å². The lowest BCUT2D eigenvalue weighted by atomic mass is 9.95. The van der Waals surface area contributed by atoms with E-state index in [1.165, 1.54) is 25.7 Å². The van der Waals surface area contributed by atoms with Crippen LogP contribution in [-0.2, 0) is 9.84 Å². The summed E-state index contributed by atoms with van der Waals surface area (Å²) in [5.74, 6) is 4.03. The topological polar surface area (TPSA) is 70.6 Å². The average Bonchev–Trinajstić information content (AvgIpc) is 3.17. The largest absolute Gasteiger partial charge is 0.356 e. The van der Waals surface area contributed by atoms with Crippen molar-refractivity contribution in [3.63, 3.8) is 0 Å². The molecule has 2 aliphatic carbocycles. The molecule has 4 atom stereocenters. The summed E-state index contributed by atoms with van der Waals surface area (Å²) in [4.78, 5) is 4.71. The Balaban J connectivity index is 1.54. The minimum atomic E-state index is -2.80. The molecular weight excluding hydrogens is 310 g/mol. The SMILES string of the molecule is CC(C)CN=C(NCC1CCS(=O)(=O)C1)NC1CC2CCC1C2. The number of rotatable bonds is 5. The zero-order valence-electron chi connectivity index (χ0n) is 14.4. The Labute approximate surface area is 140 Å². The first-order valence-corrected chi connectivity index (χ1v) is 11.0. The molecular formula is C17H31N3O2S. The first kappa shape index (κ1) is 17.1. The van der Waals surface area contributed by atoms with E-state index in [4.69, 9.17) is 4.99 Å². The van der Waals surface area contributed by atoms with Gasteiger partial charge in [0.25, 0.3) is 0 Å². The lowest BCUT2D eigenvalue weighted by molar-refractivity contribution is 0.386. The van der Waals surface area contributed by atoms with E-state index in [1.807, 2.05) is 0 Å². The van der Waals surface area contributed by atoms with Crippen LogP contribution in [0.15, 0.2) is 4.99 Å². The number of hydrogen-bond acceptors (Lipinski definition) is 3. The van der Waals surface area contributed by atoms with Gasteiger partial charge in [0, 0.05) is 19.1 Å². The molecule has 4 unspecified atom stereocenters. The highest BCUT2D eigenvalue weighted by Crippen LogP contribution is 2.44. The van der Waals surface area contributed by atoms with E-state index in [0.717, 1.165) is 30.8 Å². The van der Waals surface area contributed by atoms with Crippen LogP contribution in [0, 0.1) is 23.7 Å². The van der Waals surface area contributed by atoms with Crippen molar-refractivity contribution in [1.82, 2.24) is 10.6 Å². The van der Waals surface area contributed by atoms with Crippen LogP contribution in [0.5, 0.6) is 0 Å². The van der Waals surface area contributed by atoms with E-state index in [1.54, 1.807) is 0 Å². The molecule has 0 spiro atoms. The second-order valence-corrected chi connectivity index (χ2v) is 10.4. The van der Waals surface area contributed by atoms with E-state index in [2.05, 4.69) is 24.5 Å². The highest BCUT2D eigenvalue weighted by atomic mass is 32.2. The van der Waals surface area contributed by atoms with Crippen LogP contribution in [0.25, 0.3) is 0 Å². The molecule has 2 bridgehead atoms. The van der Waals surface area contributed by atoms with E-state index in [0.29, 0.717) is 30.0 Å². The molecule has 3 fully saturated rings. The monoisotopic (exact) mass is 341 g/mol. The fourth-order valence-electron chi connectivity index (χ4n) is 4.30. The zero-order chi connectivity index (χ0) is 16.4. The normalized spacial score (nSPS) is 35.9. The molecule has 3 rings (SSSR count). The van der Waals surface area contributed by atoms with Crippen molar-refractivity contribution in [2.45, 2.75) is 52.0 Å². The quantitative estimate of drug-likeness (QED) is 0.591. The number of aliphatic imine (C=N–C) groups is 1. The fraction of sp³-hybridized carbons (Fsp3) is 0.941. The summed E-state index contributed by atoms with van der Waals surface area (Å²) in [5.41, 5.74) is 0. The summed E-state index contributed by atoms with van der Waals surface area (Å²) in [6, 6.07) is 0.555. The Morgan fingerprint density at radius 3 is 2.61 bits per heavy atom. The number of fused-ring (bicyclic) bond motifs is 2. The van der Waals surface area contributed by atoms with Gasteiger partial charge >= 0.3 is 0 Å². The van der Waals surface area contributed by atoms with Crippen molar-refractivity contribution in [3.8, 4) is 0 Å². The van der Waals surface area contributed by atoms with Gasteiger partial charge in [-0.2, -0.15) is 0 Å². The smallest absolute Gasteiger partial charge is 0.191 e. The molecule has 6 heteroatoms. The molecule has 2 N–H and O–H groups in total. The lowest BCUT2D eigenvalue weighted by Crippen LogP contribution is -2.47. The summed E-state index contributed by atoms with van der Waals surface area (Å²) in [7, 11) is -2.80. The van der Waals surface area contributed by atoms with Crippen molar-refractivity contribution < 1.29 is 8.42 Å². The summed E-state index contributed by atoms with van der Waals surface area (Å²) in [6.45, 7) is 5.85. The van der Waals surface area contributed by atoms with Crippen LogP contribution < -0.4 is 10.6 Å². The Morgan fingerprint density at radius 2 is 2.04 bits per heavy atom. The molecule has 0 radical (unpaired) electrons. The van der Waals surface area contributed by atoms with Crippen LogP contribution in [0.1, 0.15) is 46.0 Å². The van der Waals surface area contributed by atoms with Gasteiger partial charge in [-0.3, -0.25) is 4.99 Å². The first-order chi connectivity index (χ1) is 10.9. The van der Waals surface area contributed by atoms with Gasteiger partial charge < -0.3 is 10.6 Å². The minimum absolute atomic E-state index is 0.228. The van der Waals surface area contributed by atoms with Gasteiger partial charge in [0.15, 0.2) is 15.8 Å².